The van der Waals surface area contributed by atoms with E-state index < -0.39 is 0 Å². The van der Waals surface area contributed by atoms with Crippen LogP contribution in [0.4, 0.5) is 17.1 Å². The van der Waals surface area contributed by atoms with Crippen molar-refractivity contribution in [1.82, 2.24) is 4.57 Å². The highest BCUT2D eigenvalue weighted by Gasteiger charge is 2.20. The lowest BCUT2D eigenvalue weighted by Crippen LogP contribution is -2.10. The van der Waals surface area contributed by atoms with Gasteiger partial charge in [0.1, 0.15) is 0 Å². The fourth-order valence-electron chi connectivity index (χ4n) is 8.30. The SMILES string of the molecule is c1ccc(-c2ccccc2-c2c(-c3ccccc3)cccc2-c2ccc(N(c3ccccc3)c3cccc(-n4c5ccccc5c5ccccc54)c3)cc2)cc1. The molecule has 56 heavy (non-hydrogen) atoms. The number of nitrogens with zero attached hydrogens (tertiary/aromatic N) is 2. The summed E-state index contributed by atoms with van der Waals surface area (Å²) in [4.78, 5) is 2.35. The van der Waals surface area contributed by atoms with Gasteiger partial charge < -0.3 is 9.47 Å². The Balaban J connectivity index is 1.11. The van der Waals surface area contributed by atoms with Gasteiger partial charge >= 0.3 is 0 Å². The lowest BCUT2D eigenvalue weighted by Gasteiger charge is -2.26. The Labute approximate surface area is 327 Å². The van der Waals surface area contributed by atoms with Gasteiger partial charge in [-0.25, -0.2) is 0 Å². The van der Waals surface area contributed by atoms with E-state index in [-0.39, 0.29) is 0 Å². The molecule has 0 atom stereocenters. The minimum absolute atomic E-state index is 1.09. The molecule has 2 nitrogen and oxygen atoms in total. The van der Waals surface area contributed by atoms with Crippen molar-refractivity contribution in [3.8, 4) is 50.2 Å². The van der Waals surface area contributed by atoms with Crippen LogP contribution in [-0.4, -0.2) is 4.57 Å². The molecule has 0 aliphatic rings. The first-order chi connectivity index (χ1) is 27.8. The van der Waals surface area contributed by atoms with Gasteiger partial charge in [-0.1, -0.05) is 176 Å². The first-order valence-corrected chi connectivity index (χ1v) is 19.2. The van der Waals surface area contributed by atoms with Crippen LogP contribution in [0.2, 0.25) is 0 Å². The van der Waals surface area contributed by atoms with Gasteiger partial charge in [0.25, 0.3) is 0 Å². The lowest BCUT2D eigenvalue weighted by atomic mass is 9.84. The molecule has 10 rings (SSSR count). The highest BCUT2D eigenvalue weighted by Crippen LogP contribution is 2.45. The fourth-order valence-corrected chi connectivity index (χ4v) is 8.30. The zero-order valence-electron chi connectivity index (χ0n) is 30.8. The fraction of sp³-hybridized carbons (Fsp3) is 0. The van der Waals surface area contributed by atoms with Crippen LogP contribution >= 0.6 is 0 Å². The van der Waals surface area contributed by atoms with E-state index in [1.165, 1.54) is 60.8 Å². The molecule has 1 heterocycles. The molecule has 9 aromatic carbocycles. The standard InChI is InChI=1S/C54H38N2/c1-4-18-39(19-5-1)46-26-10-11-29-51(46)54-47(40-20-6-2-7-21-40)30-17-31-48(54)41-34-36-43(37-35-41)55(42-22-8-3-9-23-42)44-24-16-25-45(38-44)56-52-32-14-12-27-49(52)50-28-13-15-33-53(50)56/h1-38H. The number of hydrogen-bond donors (Lipinski definition) is 0. The Bertz CT molecular complexity index is 2890. The topological polar surface area (TPSA) is 8.17 Å². The molecule has 0 aliphatic carbocycles. The second kappa shape index (κ2) is 14.4. The average molecular weight is 715 g/mol. The number of para-hydroxylation sites is 3. The summed E-state index contributed by atoms with van der Waals surface area (Å²) in [5.41, 5.74) is 16.4. The molecule has 264 valence electrons. The normalized spacial score (nSPS) is 11.2. The van der Waals surface area contributed by atoms with E-state index in [4.69, 9.17) is 0 Å². The molecule has 0 unspecified atom stereocenters. The molecule has 1 aromatic heterocycles. The maximum absolute atomic E-state index is 2.38. The largest absolute Gasteiger partial charge is 0.310 e. The molecule has 0 amide bonds. The van der Waals surface area contributed by atoms with E-state index in [0.717, 1.165) is 28.3 Å². The van der Waals surface area contributed by atoms with Crippen LogP contribution in [0, 0.1) is 0 Å². The minimum atomic E-state index is 1.09. The number of anilines is 3. The Kier molecular flexibility index (Phi) is 8.55. The maximum Gasteiger partial charge on any atom is 0.0541 e. The molecule has 0 saturated heterocycles. The summed E-state index contributed by atoms with van der Waals surface area (Å²) >= 11 is 0. The second-order valence-corrected chi connectivity index (χ2v) is 14.1. The summed E-state index contributed by atoms with van der Waals surface area (Å²) in [6, 6.07) is 83.0. The van der Waals surface area contributed by atoms with Gasteiger partial charge in [0.05, 0.1) is 11.0 Å². The number of rotatable bonds is 8. The molecule has 0 fully saturated rings. The molecule has 0 radical (unpaired) electrons. The molecule has 0 bridgehead atoms. The predicted octanol–water partition coefficient (Wildman–Crippen LogP) is 14.9. The molecule has 10 aromatic rings. The van der Waals surface area contributed by atoms with Crippen molar-refractivity contribution in [2.45, 2.75) is 0 Å². The molecule has 0 spiro atoms. The zero-order chi connectivity index (χ0) is 37.3. The Hall–Kier alpha value is -7.42. The van der Waals surface area contributed by atoms with Gasteiger partial charge in [-0.15, -0.1) is 0 Å². The Morgan fingerprint density at radius 1 is 0.286 bits per heavy atom. The van der Waals surface area contributed by atoms with Crippen molar-refractivity contribution in [3.63, 3.8) is 0 Å². The highest BCUT2D eigenvalue weighted by molar-refractivity contribution is 6.09. The molecule has 0 aliphatic heterocycles. The van der Waals surface area contributed by atoms with Gasteiger partial charge in [0.15, 0.2) is 0 Å². The summed E-state index contributed by atoms with van der Waals surface area (Å²) in [6.07, 6.45) is 0. The van der Waals surface area contributed by atoms with Gasteiger partial charge in [-0.2, -0.15) is 0 Å². The van der Waals surface area contributed by atoms with Crippen molar-refractivity contribution in [1.29, 1.82) is 0 Å². The quantitative estimate of drug-likeness (QED) is 0.152. The minimum Gasteiger partial charge on any atom is -0.310 e. The third-order valence-corrected chi connectivity index (χ3v) is 10.8. The van der Waals surface area contributed by atoms with Gasteiger partial charge in [-0.3, -0.25) is 0 Å². The number of aromatic nitrogens is 1. The molecule has 2 heteroatoms. The number of benzene rings is 9. The zero-order valence-corrected chi connectivity index (χ0v) is 30.8. The molecule has 0 saturated carbocycles. The van der Waals surface area contributed by atoms with E-state index in [9.17, 15) is 0 Å². The van der Waals surface area contributed by atoms with E-state index in [2.05, 4.69) is 240 Å². The third-order valence-electron chi connectivity index (χ3n) is 10.8. The first kappa shape index (κ1) is 33.2. The summed E-state index contributed by atoms with van der Waals surface area (Å²) in [7, 11) is 0. The number of hydrogen-bond acceptors (Lipinski definition) is 1. The monoisotopic (exact) mass is 714 g/mol. The van der Waals surface area contributed by atoms with Crippen LogP contribution in [-0.2, 0) is 0 Å². The van der Waals surface area contributed by atoms with Gasteiger partial charge in [0, 0.05) is 33.5 Å². The highest BCUT2D eigenvalue weighted by atomic mass is 15.1. The predicted molar refractivity (Wildman–Crippen MR) is 237 cm³/mol. The van der Waals surface area contributed by atoms with Crippen molar-refractivity contribution in [2.24, 2.45) is 0 Å². The Morgan fingerprint density at radius 3 is 1.34 bits per heavy atom. The van der Waals surface area contributed by atoms with Crippen LogP contribution in [0.1, 0.15) is 0 Å². The number of fused-ring (bicyclic) bond motifs is 3. The summed E-state index contributed by atoms with van der Waals surface area (Å²) in [6.45, 7) is 0. The lowest BCUT2D eigenvalue weighted by molar-refractivity contribution is 1.17. The first-order valence-electron chi connectivity index (χ1n) is 19.2. The van der Waals surface area contributed by atoms with E-state index >= 15 is 0 Å². The maximum atomic E-state index is 2.38. The van der Waals surface area contributed by atoms with E-state index in [1.807, 2.05) is 0 Å². The van der Waals surface area contributed by atoms with Crippen LogP contribution in [0.3, 0.4) is 0 Å². The molecular weight excluding hydrogens is 677 g/mol. The Morgan fingerprint density at radius 2 is 0.714 bits per heavy atom. The van der Waals surface area contributed by atoms with Crippen LogP contribution in [0.25, 0.3) is 72.0 Å². The van der Waals surface area contributed by atoms with E-state index in [0.29, 0.717) is 0 Å². The summed E-state index contributed by atoms with van der Waals surface area (Å²) < 4.78 is 2.38. The smallest absolute Gasteiger partial charge is 0.0541 e. The van der Waals surface area contributed by atoms with Crippen molar-refractivity contribution in [3.05, 3.63) is 231 Å². The van der Waals surface area contributed by atoms with Crippen molar-refractivity contribution in [2.75, 3.05) is 4.90 Å². The average Bonchev–Trinajstić information content (AvgIpc) is 3.62. The van der Waals surface area contributed by atoms with Crippen LogP contribution in [0.15, 0.2) is 231 Å². The van der Waals surface area contributed by atoms with Crippen LogP contribution in [0.5, 0.6) is 0 Å². The van der Waals surface area contributed by atoms with Gasteiger partial charge in [0.2, 0.25) is 0 Å². The van der Waals surface area contributed by atoms with Crippen LogP contribution < -0.4 is 4.90 Å². The molecular formula is C54H38N2. The van der Waals surface area contributed by atoms with Crippen molar-refractivity contribution < 1.29 is 0 Å². The molecule has 0 N–H and O–H groups in total. The summed E-state index contributed by atoms with van der Waals surface area (Å²) in [5.74, 6) is 0. The summed E-state index contributed by atoms with van der Waals surface area (Å²) in [5, 5.41) is 2.51. The third kappa shape index (κ3) is 5.95. The van der Waals surface area contributed by atoms with Crippen molar-refractivity contribution >= 4 is 38.9 Å². The second-order valence-electron chi connectivity index (χ2n) is 14.1. The van der Waals surface area contributed by atoms with Gasteiger partial charge in [-0.05, 0) is 99.1 Å². The van der Waals surface area contributed by atoms with E-state index in [1.54, 1.807) is 0 Å².